The Hall–Kier alpha value is -3.07. The summed E-state index contributed by atoms with van der Waals surface area (Å²) in [5.41, 5.74) is 7.62. The van der Waals surface area contributed by atoms with Crippen LogP contribution in [0.2, 0.25) is 0 Å². The summed E-state index contributed by atoms with van der Waals surface area (Å²) >= 11 is 0. The normalized spacial score (nSPS) is 10.5. The number of nitriles is 1. The van der Waals surface area contributed by atoms with Gasteiger partial charge in [-0.3, -0.25) is 0 Å². The molecule has 0 radical (unpaired) electrons. The van der Waals surface area contributed by atoms with Gasteiger partial charge in [-0.2, -0.15) is 5.26 Å². The number of para-hydroxylation sites is 1. The molecular weight excluding hydrogens is 273 g/mol. The zero-order chi connectivity index (χ0) is 14.8. The van der Waals surface area contributed by atoms with Crippen molar-refractivity contribution in [3.63, 3.8) is 0 Å². The summed E-state index contributed by atoms with van der Waals surface area (Å²) in [6.07, 6.45) is 0. The van der Waals surface area contributed by atoms with Crippen LogP contribution in [0.25, 0.3) is 11.1 Å². The molecule has 0 saturated carbocycles. The van der Waals surface area contributed by atoms with Crippen LogP contribution >= 0.6 is 0 Å². The molecular formula is C15H10FN3O2. The Morgan fingerprint density at radius 3 is 2.90 bits per heavy atom. The van der Waals surface area contributed by atoms with E-state index in [9.17, 15) is 4.39 Å². The molecule has 6 heteroatoms. The SMILES string of the molecule is N#Cc1ccc(OCc2nc3c(N)cccc3o2)c(F)c1. The van der Waals surface area contributed by atoms with Crippen molar-refractivity contribution in [2.24, 2.45) is 0 Å². The molecule has 3 aromatic rings. The molecule has 3 rings (SSSR count). The van der Waals surface area contributed by atoms with Gasteiger partial charge in [0.05, 0.1) is 17.3 Å². The Morgan fingerprint density at radius 2 is 2.19 bits per heavy atom. The molecule has 0 unspecified atom stereocenters. The lowest BCUT2D eigenvalue weighted by molar-refractivity contribution is 0.255. The molecule has 0 fully saturated rings. The Kier molecular flexibility index (Phi) is 3.16. The van der Waals surface area contributed by atoms with Crippen LogP contribution in [0.4, 0.5) is 10.1 Å². The molecule has 0 bridgehead atoms. The maximum absolute atomic E-state index is 13.7. The van der Waals surface area contributed by atoms with E-state index in [4.69, 9.17) is 20.1 Å². The molecule has 0 aliphatic carbocycles. The lowest BCUT2D eigenvalue weighted by atomic mass is 10.2. The molecule has 2 N–H and O–H groups in total. The van der Waals surface area contributed by atoms with Crippen LogP contribution < -0.4 is 10.5 Å². The molecule has 0 aliphatic heterocycles. The number of fused-ring (bicyclic) bond motifs is 1. The van der Waals surface area contributed by atoms with Crippen LogP contribution in [-0.4, -0.2) is 4.98 Å². The van der Waals surface area contributed by atoms with Gasteiger partial charge in [-0.05, 0) is 30.3 Å². The van der Waals surface area contributed by atoms with Crippen LogP contribution in [0.15, 0.2) is 40.8 Å². The first-order valence-electron chi connectivity index (χ1n) is 6.14. The number of nitrogen functional groups attached to an aromatic ring is 1. The Balaban J connectivity index is 1.80. The van der Waals surface area contributed by atoms with E-state index in [0.717, 1.165) is 6.07 Å². The highest BCUT2D eigenvalue weighted by molar-refractivity contribution is 5.85. The van der Waals surface area contributed by atoms with Gasteiger partial charge in [-0.1, -0.05) is 6.07 Å². The number of hydrogen-bond donors (Lipinski definition) is 1. The van der Waals surface area contributed by atoms with Crippen molar-refractivity contribution in [1.29, 1.82) is 5.26 Å². The summed E-state index contributed by atoms with van der Waals surface area (Å²) in [5, 5.41) is 8.67. The summed E-state index contributed by atoms with van der Waals surface area (Å²) in [4.78, 5) is 4.20. The molecule has 104 valence electrons. The predicted molar refractivity (Wildman–Crippen MR) is 73.9 cm³/mol. The maximum Gasteiger partial charge on any atom is 0.233 e. The van der Waals surface area contributed by atoms with Gasteiger partial charge in [0, 0.05) is 0 Å². The smallest absolute Gasteiger partial charge is 0.233 e. The molecule has 0 aliphatic rings. The third-order valence-corrected chi connectivity index (χ3v) is 2.91. The van der Waals surface area contributed by atoms with E-state index in [1.165, 1.54) is 12.1 Å². The van der Waals surface area contributed by atoms with E-state index in [-0.39, 0.29) is 17.9 Å². The van der Waals surface area contributed by atoms with Gasteiger partial charge in [0.1, 0.15) is 5.52 Å². The maximum atomic E-state index is 13.7. The van der Waals surface area contributed by atoms with Gasteiger partial charge in [-0.25, -0.2) is 9.37 Å². The molecule has 0 saturated heterocycles. The third-order valence-electron chi connectivity index (χ3n) is 2.91. The second kappa shape index (κ2) is 5.13. The average Bonchev–Trinajstić information content (AvgIpc) is 2.90. The number of nitrogens with two attached hydrogens (primary N) is 1. The molecule has 5 nitrogen and oxygen atoms in total. The second-order valence-electron chi connectivity index (χ2n) is 4.35. The van der Waals surface area contributed by atoms with E-state index < -0.39 is 5.82 Å². The Morgan fingerprint density at radius 1 is 1.33 bits per heavy atom. The second-order valence-corrected chi connectivity index (χ2v) is 4.35. The first-order chi connectivity index (χ1) is 10.2. The first kappa shape index (κ1) is 12.9. The average molecular weight is 283 g/mol. The zero-order valence-electron chi connectivity index (χ0n) is 10.8. The van der Waals surface area contributed by atoms with Gasteiger partial charge >= 0.3 is 0 Å². The molecule has 2 aromatic carbocycles. The van der Waals surface area contributed by atoms with Gasteiger partial charge in [-0.15, -0.1) is 0 Å². The Bertz CT molecular complexity index is 852. The van der Waals surface area contributed by atoms with E-state index in [2.05, 4.69) is 4.98 Å². The molecule has 21 heavy (non-hydrogen) atoms. The minimum Gasteiger partial charge on any atom is -0.481 e. The monoisotopic (exact) mass is 283 g/mol. The summed E-state index contributed by atoms with van der Waals surface area (Å²) in [5.74, 6) is -0.277. The number of halogens is 1. The number of hydrogen-bond acceptors (Lipinski definition) is 5. The summed E-state index contributed by atoms with van der Waals surface area (Å²) in [7, 11) is 0. The van der Waals surface area contributed by atoms with Gasteiger partial charge in [0.2, 0.25) is 5.89 Å². The number of aromatic nitrogens is 1. The Labute approximate surface area is 119 Å². The van der Waals surface area contributed by atoms with E-state index in [1.54, 1.807) is 18.2 Å². The van der Waals surface area contributed by atoms with Crippen molar-refractivity contribution in [2.75, 3.05) is 5.73 Å². The van der Waals surface area contributed by atoms with E-state index in [0.29, 0.717) is 22.7 Å². The molecule has 0 atom stereocenters. The fourth-order valence-electron chi connectivity index (χ4n) is 1.90. The minimum absolute atomic E-state index is 0.0308. The summed E-state index contributed by atoms with van der Waals surface area (Å²) in [6.45, 7) is -0.0308. The number of benzene rings is 2. The van der Waals surface area contributed by atoms with Crippen molar-refractivity contribution in [3.8, 4) is 11.8 Å². The zero-order valence-corrected chi connectivity index (χ0v) is 10.8. The van der Waals surface area contributed by atoms with Gasteiger partial charge < -0.3 is 14.9 Å². The van der Waals surface area contributed by atoms with Crippen LogP contribution in [0.1, 0.15) is 11.5 Å². The number of anilines is 1. The molecule has 0 amide bonds. The topological polar surface area (TPSA) is 85.1 Å². The van der Waals surface area contributed by atoms with Crippen LogP contribution in [0, 0.1) is 17.1 Å². The fourth-order valence-corrected chi connectivity index (χ4v) is 1.90. The predicted octanol–water partition coefficient (Wildman–Crippen LogP) is 3.00. The third kappa shape index (κ3) is 2.49. The molecule has 0 spiro atoms. The largest absolute Gasteiger partial charge is 0.481 e. The lowest BCUT2D eigenvalue weighted by Gasteiger charge is -2.04. The number of oxazole rings is 1. The molecule has 1 aromatic heterocycles. The summed E-state index contributed by atoms with van der Waals surface area (Å²) < 4.78 is 24.4. The van der Waals surface area contributed by atoms with E-state index in [1.807, 2.05) is 6.07 Å². The highest BCUT2D eigenvalue weighted by Crippen LogP contribution is 2.23. The van der Waals surface area contributed by atoms with Crippen molar-refractivity contribution < 1.29 is 13.5 Å². The van der Waals surface area contributed by atoms with Gasteiger partial charge in [0.25, 0.3) is 0 Å². The van der Waals surface area contributed by atoms with E-state index >= 15 is 0 Å². The van der Waals surface area contributed by atoms with Crippen LogP contribution in [-0.2, 0) is 6.61 Å². The molecule has 1 heterocycles. The first-order valence-corrected chi connectivity index (χ1v) is 6.14. The van der Waals surface area contributed by atoms with Crippen LogP contribution in [0.5, 0.6) is 5.75 Å². The standard InChI is InChI=1S/C15H10FN3O2/c16-10-6-9(7-17)4-5-12(10)20-8-14-19-15-11(18)2-1-3-13(15)21-14/h1-6H,8,18H2. The number of ether oxygens (including phenoxy) is 1. The highest BCUT2D eigenvalue weighted by atomic mass is 19.1. The summed E-state index contributed by atoms with van der Waals surface area (Å²) in [6, 6.07) is 11.0. The van der Waals surface area contributed by atoms with Crippen molar-refractivity contribution >= 4 is 16.8 Å². The number of nitrogens with zero attached hydrogens (tertiary/aromatic N) is 2. The quantitative estimate of drug-likeness (QED) is 0.747. The fraction of sp³-hybridized carbons (Fsp3) is 0.0667. The van der Waals surface area contributed by atoms with Crippen molar-refractivity contribution in [2.45, 2.75) is 6.61 Å². The minimum atomic E-state index is -0.607. The van der Waals surface area contributed by atoms with Crippen molar-refractivity contribution in [3.05, 3.63) is 53.7 Å². The lowest BCUT2D eigenvalue weighted by Crippen LogP contribution is -1.98. The van der Waals surface area contributed by atoms with Crippen LogP contribution in [0.3, 0.4) is 0 Å². The van der Waals surface area contributed by atoms with Gasteiger partial charge in [0.15, 0.2) is 23.8 Å². The van der Waals surface area contributed by atoms with Crippen molar-refractivity contribution in [1.82, 2.24) is 4.98 Å². The highest BCUT2D eigenvalue weighted by Gasteiger charge is 2.10. The number of rotatable bonds is 3.